The first kappa shape index (κ1) is 9.88. The van der Waals surface area contributed by atoms with E-state index in [1.54, 1.807) is 0 Å². The summed E-state index contributed by atoms with van der Waals surface area (Å²) in [5.74, 6) is -0.405. The first-order chi connectivity index (χ1) is 5.66. The Morgan fingerprint density at radius 1 is 1.08 bits per heavy atom. The Kier molecular flexibility index (Phi) is 3.42. The van der Waals surface area contributed by atoms with Crippen LogP contribution in [-0.2, 0) is 0 Å². The van der Waals surface area contributed by atoms with Crippen LogP contribution in [0, 0.1) is 5.92 Å². The summed E-state index contributed by atoms with van der Waals surface area (Å²) >= 11 is 0. The fourth-order valence-corrected chi connectivity index (χ4v) is 1.34. The molecule has 5 heteroatoms. The number of aliphatic hydroxyl groups is 4. The Balaban J connectivity index is 2.59. The lowest BCUT2D eigenvalue weighted by molar-refractivity contribution is -0.0743. The quantitative estimate of drug-likeness (QED) is 0.300. The van der Waals surface area contributed by atoms with Gasteiger partial charge in [0.1, 0.15) is 6.10 Å². The largest absolute Gasteiger partial charge is 0.396 e. The van der Waals surface area contributed by atoms with E-state index in [2.05, 4.69) is 5.32 Å². The van der Waals surface area contributed by atoms with Gasteiger partial charge in [-0.1, -0.05) is 0 Å². The maximum atomic E-state index is 9.38. The molecule has 1 unspecified atom stereocenters. The Bertz CT molecular complexity index is 141. The second kappa shape index (κ2) is 4.15. The van der Waals surface area contributed by atoms with Crippen molar-refractivity contribution >= 4 is 0 Å². The van der Waals surface area contributed by atoms with Gasteiger partial charge in [-0.25, -0.2) is 0 Å². The normalized spacial score (nSPS) is 44.0. The topological polar surface area (TPSA) is 93.0 Å². The predicted octanol–water partition coefficient (Wildman–Crippen LogP) is -2.72. The molecule has 1 aliphatic rings. The van der Waals surface area contributed by atoms with Gasteiger partial charge in [0.2, 0.25) is 0 Å². The van der Waals surface area contributed by atoms with Crippen LogP contribution in [-0.4, -0.2) is 58.4 Å². The fraction of sp³-hybridized carbons (Fsp3) is 1.00. The summed E-state index contributed by atoms with van der Waals surface area (Å²) in [6.07, 6.45) is -3.19. The number of nitrogens with one attached hydrogen (secondary N) is 1. The molecule has 0 saturated carbocycles. The van der Waals surface area contributed by atoms with Crippen molar-refractivity contribution < 1.29 is 20.4 Å². The molecule has 1 aliphatic heterocycles. The minimum absolute atomic E-state index is 0.196. The lowest BCUT2D eigenvalue weighted by atomic mass is 9.97. The van der Waals surface area contributed by atoms with E-state index in [-0.39, 0.29) is 13.2 Å². The minimum atomic E-state index is -1.17. The zero-order chi connectivity index (χ0) is 9.14. The zero-order valence-electron chi connectivity index (χ0n) is 6.72. The highest BCUT2D eigenvalue weighted by molar-refractivity contribution is 4.86. The molecule has 0 radical (unpaired) electrons. The number of hydrogen-bond donors (Lipinski definition) is 5. The standard InChI is InChI=1S/C7H15NO4/c9-3-4-1-8-2-5(10)7(12)6(4)11/h4-12H,1-3H2/t4?,5-,6+,7+/m0/s1. The summed E-state index contributed by atoms with van der Waals surface area (Å²) in [7, 11) is 0. The molecule has 12 heavy (non-hydrogen) atoms. The fourth-order valence-electron chi connectivity index (χ4n) is 1.34. The third kappa shape index (κ3) is 1.94. The molecule has 1 saturated heterocycles. The maximum Gasteiger partial charge on any atom is 0.107 e. The van der Waals surface area contributed by atoms with Gasteiger partial charge in [0.05, 0.1) is 12.2 Å². The second-order valence-corrected chi connectivity index (χ2v) is 3.15. The van der Waals surface area contributed by atoms with Gasteiger partial charge < -0.3 is 25.7 Å². The van der Waals surface area contributed by atoms with Gasteiger partial charge in [-0.15, -0.1) is 0 Å². The van der Waals surface area contributed by atoms with Crippen LogP contribution >= 0.6 is 0 Å². The SMILES string of the molecule is OCC1CNC[C@H](O)[C@@H](O)[C@@H]1O. The molecular formula is C7H15NO4. The van der Waals surface area contributed by atoms with Crippen LogP contribution < -0.4 is 5.32 Å². The van der Waals surface area contributed by atoms with Crippen molar-refractivity contribution in [3.05, 3.63) is 0 Å². The summed E-state index contributed by atoms with van der Waals surface area (Å²) in [6.45, 7) is 0.457. The molecule has 0 amide bonds. The molecule has 5 N–H and O–H groups in total. The molecular weight excluding hydrogens is 162 g/mol. The van der Waals surface area contributed by atoms with Crippen molar-refractivity contribution in [2.24, 2.45) is 5.92 Å². The molecule has 0 aromatic heterocycles. The van der Waals surface area contributed by atoms with Crippen molar-refractivity contribution in [3.8, 4) is 0 Å². The lowest BCUT2D eigenvalue weighted by Crippen LogP contribution is -2.42. The monoisotopic (exact) mass is 177 g/mol. The highest BCUT2D eigenvalue weighted by atomic mass is 16.4. The van der Waals surface area contributed by atoms with Crippen LogP contribution in [0.25, 0.3) is 0 Å². The van der Waals surface area contributed by atoms with Crippen molar-refractivity contribution in [2.75, 3.05) is 19.7 Å². The molecule has 0 bridgehead atoms. The molecule has 0 aliphatic carbocycles. The van der Waals surface area contributed by atoms with Crippen molar-refractivity contribution in [1.29, 1.82) is 0 Å². The number of rotatable bonds is 1. The number of aliphatic hydroxyl groups excluding tert-OH is 4. The van der Waals surface area contributed by atoms with Gasteiger partial charge in [0.25, 0.3) is 0 Å². The number of β-amino-alcohol motifs (C(OH)–C–C–N with tert-alkyl or cyclic N) is 1. The van der Waals surface area contributed by atoms with E-state index >= 15 is 0 Å². The summed E-state index contributed by atoms with van der Waals surface area (Å²) in [5.41, 5.74) is 0. The van der Waals surface area contributed by atoms with Crippen LogP contribution in [0.2, 0.25) is 0 Å². The second-order valence-electron chi connectivity index (χ2n) is 3.15. The highest BCUT2D eigenvalue weighted by Gasteiger charge is 2.33. The average Bonchev–Trinajstić information content (AvgIpc) is 2.19. The van der Waals surface area contributed by atoms with Crippen LogP contribution in [0.4, 0.5) is 0 Å². The summed E-state index contributed by atoms with van der Waals surface area (Å²) in [6, 6.07) is 0. The predicted molar refractivity (Wildman–Crippen MR) is 41.5 cm³/mol. The van der Waals surface area contributed by atoms with E-state index < -0.39 is 24.2 Å². The molecule has 1 rings (SSSR count). The lowest BCUT2D eigenvalue weighted by Gasteiger charge is -2.23. The Morgan fingerprint density at radius 3 is 2.33 bits per heavy atom. The van der Waals surface area contributed by atoms with Gasteiger partial charge in [0, 0.05) is 25.6 Å². The van der Waals surface area contributed by atoms with Gasteiger partial charge in [-0.2, -0.15) is 0 Å². The maximum absolute atomic E-state index is 9.38. The molecule has 1 heterocycles. The number of hydrogen-bond acceptors (Lipinski definition) is 5. The molecule has 4 atom stereocenters. The van der Waals surface area contributed by atoms with Crippen molar-refractivity contribution in [2.45, 2.75) is 18.3 Å². The van der Waals surface area contributed by atoms with E-state index in [0.29, 0.717) is 6.54 Å². The first-order valence-corrected chi connectivity index (χ1v) is 4.02. The molecule has 0 spiro atoms. The smallest absolute Gasteiger partial charge is 0.107 e. The van der Waals surface area contributed by atoms with Gasteiger partial charge in [0.15, 0.2) is 0 Å². The summed E-state index contributed by atoms with van der Waals surface area (Å²) in [5, 5.41) is 39.5. The van der Waals surface area contributed by atoms with Gasteiger partial charge in [-0.3, -0.25) is 0 Å². The Morgan fingerprint density at radius 2 is 1.75 bits per heavy atom. The summed E-state index contributed by atoms with van der Waals surface area (Å²) in [4.78, 5) is 0. The molecule has 0 aromatic carbocycles. The minimum Gasteiger partial charge on any atom is -0.396 e. The van der Waals surface area contributed by atoms with Crippen molar-refractivity contribution in [3.63, 3.8) is 0 Å². The van der Waals surface area contributed by atoms with E-state index in [1.165, 1.54) is 0 Å². The van der Waals surface area contributed by atoms with E-state index in [0.717, 1.165) is 0 Å². The zero-order valence-corrected chi connectivity index (χ0v) is 6.72. The van der Waals surface area contributed by atoms with Crippen LogP contribution in [0.3, 0.4) is 0 Å². The van der Waals surface area contributed by atoms with Crippen molar-refractivity contribution in [1.82, 2.24) is 5.32 Å². The molecule has 5 nitrogen and oxygen atoms in total. The average molecular weight is 177 g/mol. The van der Waals surface area contributed by atoms with E-state index in [9.17, 15) is 15.3 Å². The first-order valence-electron chi connectivity index (χ1n) is 4.02. The molecule has 0 aromatic rings. The van der Waals surface area contributed by atoms with Crippen LogP contribution in [0.15, 0.2) is 0 Å². The Hall–Kier alpha value is -0.200. The van der Waals surface area contributed by atoms with E-state index in [1.807, 2.05) is 0 Å². The molecule has 1 fully saturated rings. The van der Waals surface area contributed by atoms with Crippen LogP contribution in [0.5, 0.6) is 0 Å². The third-order valence-corrected chi connectivity index (χ3v) is 2.22. The van der Waals surface area contributed by atoms with E-state index in [4.69, 9.17) is 5.11 Å². The van der Waals surface area contributed by atoms with Crippen LogP contribution in [0.1, 0.15) is 0 Å². The highest BCUT2D eigenvalue weighted by Crippen LogP contribution is 2.12. The van der Waals surface area contributed by atoms with Gasteiger partial charge in [-0.05, 0) is 0 Å². The third-order valence-electron chi connectivity index (χ3n) is 2.22. The summed E-state index contributed by atoms with van der Waals surface area (Å²) < 4.78 is 0. The van der Waals surface area contributed by atoms with Gasteiger partial charge >= 0.3 is 0 Å². The molecule has 72 valence electrons. The Labute approximate surface area is 70.6 Å².